The number of nitrogens with zero attached hydrogens (tertiary/aromatic N) is 1. The van der Waals surface area contributed by atoms with Crippen molar-refractivity contribution >= 4 is 41.3 Å². The van der Waals surface area contributed by atoms with Gasteiger partial charge in [-0.05, 0) is 13.3 Å². The molecule has 0 spiro atoms. The van der Waals surface area contributed by atoms with Crippen molar-refractivity contribution in [2.45, 2.75) is 62.1 Å². The predicted molar refractivity (Wildman–Crippen MR) is 109 cm³/mol. The van der Waals surface area contributed by atoms with Crippen LogP contribution in [0, 0.1) is 0 Å². The summed E-state index contributed by atoms with van der Waals surface area (Å²) in [4.78, 5) is 59.7. The van der Waals surface area contributed by atoms with Gasteiger partial charge in [-0.3, -0.25) is 24.0 Å². The number of likely N-dealkylation sites (tertiary alicyclic amines) is 1. The van der Waals surface area contributed by atoms with Crippen LogP contribution in [0.4, 0.5) is 0 Å². The van der Waals surface area contributed by atoms with Crippen LogP contribution in [0.15, 0.2) is 0 Å². The summed E-state index contributed by atoms with van der Waals surface area (Å²) in [5.41, 5.74) is 3.89. The second kappa shape index (κ2) is 12.0. The van der Waals surface area contributed by atoms with Gasteiger partial charge in [-0.25, -0.2) is 0 Å². The number of carboxylic acids is 2. The molecule has 0 saturated carbocycles. The molecule has 0 aromatic carbocycles. The van der Waals surface area contributed by atoms with Crippen molar-refractivity contribution in [2.75, 3.05) is 18.9 Å². The number of β-amino-alcohol motifs (C(OH)–C–C–N with tert-alkyl or cyclic N) is 1. The number of rotatable bonds is 14. The van der Waals surface area contributed by atoms with Crippen LogP contribution in [0.2, 0.25) is 0 Å². The van der Waals surface area contributed by atoms with Gasteiger partial charge in [0.1, 0.15) is 11.8 Å². The van der Waals surface area contributed by atoms with Gasteiger partial charge >= 0.3 is 11.9 Å². The maximum atomic E-state index is 12.5. The zero-order valence-electron chi connectivity index (χ0n) is 17.2. The number of Topliss-reactive ketones (excluding diaryl/α,β-unsaturated/α-hetero) is 1. The maximum Gasteiger partial charge on any atom is 0.320 e. The number of hydrogen-bond donors (Lipinski definition) is 6. The smallest absolute Gasteiger partial charge is 0.320 e. The SMILES string of the molecule is CC1(O)CC(SC[C@H](NC(=O)CC[C@H](N)C(=O)O)C(=O)CCC(=O)O)C(=O)N1CCO. The fourth-order valence-electron chi connectivity index (χ4n) is 3.05. The molecule has 1 heterocycles. The third kappa shape index (κ3) is 8.44. The first-order valence-corrected chi connectivity index (χ1v) is 10.7. The molecule has 1 fully saturated rings. The van der Waals surface area contributed by atoms with E-state index in [4.69, 9.17) is 21.1 Å². The first kappa shape index (κ1) is 26.8. The Bertz CT molecular complexity index is 701. The number of ketones is 1. The van der Waals surface area contributed by atoms with Gasteiger partial charge in [-0.15, -0.1) is 11.8 Å². The molecule has 31 heavy (non-hydrogen) atoms. The number of thioether (sulfide) groups is 1. The third-order valence-electron chi connectivity index (χ3n) is 4.79. The highest BCUT2D eigenvalue weighted by Crippen LogP contribution is 2.34. The lowest BCUT2D eigenvalue weighted by Gasteiger charge is -2.28. The van der Waals surface area contributed by atoms with Crippen molar-refractivity contribution in [3.8, 4) is 0 Å². The van der Waals surface area contributed by atoms with E-state index in [1.54, 1.807) is 0 Å². The molecule has 1 aliphatic heterocycles. The molecule has 0 bridgehead atoms. The maximum absolute atomic E-state index is 12.5. The highest BCUT2D eigenvalue weighted by Gasteiger charge is 2.46. The average molecular weight is 464 g/mol. The van der Waals surface area contributed by atoms with Crippen LogP contribution in [0.1, 0.15) is 39.0 Å². The van der Waals surface area contributed by atoms with Gasteiger partial charge in [0.25, 0.3) is 0 Å². The Kier molecular flexibility index (Phi) is 10.4. The Balaban J connectivity index is 2.77. The molecule has 2 unspecified atom stereocenters. The van der Waals surface area contributed by atoms with E-state index < -0.39 is 59.0 Å². The lowest BCUT2D eigenvalue weighted by molar-refractivity contribution is -0.143. The van der Waals surface area contributed by atoms with Crippen molar-refractivity contribution in [3.63, 3.8) is 0 Å². The Hall–Kier alpha value is -2.22. The average Bonchev–Trinajstić information content (AvgIpc) is 2.90. The summed E-state index contributed by atoms with van der Waals surface area (Å²) in [6.45, 7) is 1.05. The molecule has 0 aromatic heterocycles. The third-order valence-corrected chi connectivity index (χ3v) is 6.09. The Labute approximate surface area is 183 Å². The van der Waals surface area contributed by atoms with Crippen molar-refractivity contribution in [2.24, 2.45) is 5.73 Å². The van der Waals surface area contributed by atoms with Gasteiger partial charge in [0, 0.05) is 31.6 Å². The van der Waals surface area contributed by atoms with Gasteiger partial charge < -0.3 is 36.4 Å². The second-order valence-electron chi connectivity index (χ2n) is 7.42. The summed E-state index contributed by atoms with van der Waals surface area (Å²) in [5, 5.41) is 38.8. The Morgan fingerprint density at radius 2 is 1.90 bits per heavy atom. The highest BCUT2D eigenvalue weighted by atomic mass is 32.2. The number of hydrogen-bond acceptors (Lipinski definition) is 9. The monoisotopic (exact) mass is 463 g/mol. The Morgan fingerprint density at radius 1 is 1.26 bits per heavy atom. The molecule has 1 saturated heterocycles. The first-order chi connectivity index (χ1) is 14.4. The van der Waals surface area contributed by atoms with E-state index in [0.717, 1.165) is 16.7 Å². The number of aliphatic hydroxyl groups excluding tert-OH is 1. The van der Waals surface area contributed by atoms with E-state index in [0.29, 0.717) is 0 Å². The zero-order chi connectivity index (χ0) is 23.8. The summed E-state index contributed by atoms with van der Waals surface area (Å²) >= 11 is 1.03. The van der Waals surface area contributed by atoms with Gasteiger partial charge in [0.05, 0.1) is 24.3 Å². The minimum absolute atomic E-state index is 0.0470. The van der Waals surface area contributed by atoms with Gasteiger partial charge in [0.15, 0.2) is 5.78 Å². The van der Waals surface area contributed by atoms with Crippen LogP contribution in [0.5, 0.6) is 0 Å². The molecule has 1 aliphatic rings. The number of amides is 2. The fraction of sp³-hybridized carbons (Fsp3) is 0.722. The van der Waals surface area contributed by atoms with E-state index >= 15 is 0 Å². The molecule has 2 amide bonds. The number of aliphatic carboxylic acids is 2. The van der Waals surface area contributed by atoms with E-state index in [1.807, 2.05) is 0 Å². The van der Waals surface area contributed by atoms with Crippen molar-refractivity contribution in [3.05, 3.63) is 0 Å². The number of nitrogens with two attached hydrogens (primary N) is 1. The first-order valence-electron chi connectivity index (χ1n) is 9.67. The number of carbonyl (C=O) groups is 5. The topological polar surface area (TPSA) is 208 Å². The minimum Gasteiger partial charge on any atom is -0.481 e. The van der Waals surface area contributed by atoms with Crippen LogP contribution in [-0.2, 0) is 24.0 Å². The highest BCUT2D eigenvalue weighted by molar-refractivity contribution is 8.00. The quantitative estimate of drug-likeness (QED) is 0.168. The van der Waals surface area contributed by atoms with Crippen LogP contribution >= 0.6 is 11.8 Å². The molecule has 12 nitrogen and oxygen atoms in total. The number of nitrogens with one attached hydrogen (secondary N) is 1. The van der Waals surface area contributed by atoms with Crippen LogP contribution < -0.4 is 11.1 Å². The Morgan fingerprint density at radius 3 is 2.45 bits per heavy atom. The van der Waals surface area contributed by atoms with Gasteiger partial charge in [-0.1, -0.05) is 0 Å². The van der Waals surface area contributed by atoms with Crippen molar-refractivity contribution in [1.29, 1.82) is 0 Å². The largest absolute Gasteiger partial charge is 0.481 e. The summed E-state index contributed by atoms with van der Waals surface area (Å²) in [6.07, 6.45) is -1.11. The molecule has 7 N–H and O–H groups in total. The van der Waals surface area contributed by atoms with E-state index in [1.165, 1.54) is 6.92 Å². The van der Waals surface area contributed by atoms with Crippen molar-refractivity contribution < 1.29 is 44.4 Å². The summed E-state index contributed by atoms with van der Waals surface area (Å²) < 4.78 is 0. The second-order valence-corrected chi connectivity index (χ2v) is 8.66. The molecular weight excluding hydrogens is 434 g/mol. The molecular formula is C18H29N3O9S. The van der Waals surface area contributed by atoms with E-state index in [9.17, 15) is 29.1 Å². The zero-order valence-corrected chi connectivity index (χ0v) is 18.0. The molecule has 4 atom stereocenters. The molecule has 13 heteroatoms. The molecule has 176 valence electrons. The lowest BCUT2D eigenvalue weighted by atomic mass is 10.1. The minimum atomic E-state index is -1.46. The normalized spacial score (nSPS) is 22.8. The molecule has 0 aliphatic carbocycles. The predicted octanol–water partition coefficient (Wildman–Crippen LogP) is -1.87. The van der Waals surface area contributed by atoms with E-state index in [-0.39, 0.29) is 44.6 Å². The summed E-state index contributed by atoms with van der Waals surface area (Å²) in [6, 6.07) is -2.33. The standard InChI is InChI=1S/C18H29N3O9S/c1-18(30)8-13(16(27)21(18)6-7-22)31-9-11(12(23)3-5-15(25)26)20-14(24)4-2-10(19)17(28)29/h10-11,13,22,30H,2-9,19H2,1H3,(H,20,24)(H,25,26)(H,28,29)/t10-,11-,13?,18?/m0/s1. The van der Waals surface area contributed by atoms with Gasteiger partial charge in [-0.2, -0.15) is 0 Å². The number of aliphatic hydroxyl groups is 2. The molecule has 0 aromatic rings. The number of carbonyl (C=O) groups excluding carboxylic acids is 3. The van der Waals surface area contributed by atoms with E-state index in [2.05, 4.69) is 5.32 Å². The molecule has 1 rings (SSSR count). The van der Waals surface area contributed by atoms with Crippen LogP contribution in [-0.4, -0.2) is 96.8 Å². The number of carboxylic acid groups (broad SMARTS) is 2. The lowest BCUT2D eigenvalue weighted by Crippen LogP contribution is -2.45. The molecule has 0 radical (unpaired) electrons. The fourth-order valence-corrected chi connectivity index (χ4v) is 4.45. The summed E-state index contributed by atoms with van der Waals surface area (Å²) in [5.74, 6) is -4.08. The summed E-state index contributed by atoms with van der Waals surface area (Å²) in [7, 11) is 0. The van der Waals surface area contributed by atoms with Gasteiger partial charge in [0.2, 0.25) is 11.8 Å². The van der Waals surface area contributed by atoms with Crippen molar-refractivity contribution in [1.82, 2.24) is 10.2 Å². The van der Waals surface area contributed by atoms with Crippen LogP contribution in [0.25, 0.3) is 0 Å². The van der Waals surface area contributed by atoms with Crippen LogP contribution in [0.3, 0.4) is 0 Å².